The van der Waals surface area contributed by atoms with Crippen LogP contribution in [0.4, 0.5) is 4.39 Å². The minimum Gasteiger partial charge on any atom is -0.311 e. The van der Waals surface area contributed by atoms with Crippen LogP contribution >= 0.6 is 0 Å². The number of hydrogen-bond donors (Lipinski definition) is 1. The van der Waals surface area contributed by atoms with E-state index in [0.29, 0.717) is 12.1 Å². The number of benzene rings is 1. The van der Waals surface area contributed by atoms with E-state index in [-0.39, 0.29) is 11.4 Å². The van der Waals surface area contributed by atoms with E-state index in [0.717, 1.165) is 25.1 Å². The Labute approximate surface area is 128 Å². The van der Waals surface area contributed by atoms with E-state index >= 15 is 0 Å². The van der Waals surface area contributed by atoms with Crippen LogP contribution in [0.1, 0.15) is 46.1 Å². The molecular weight excluding hydrogens is 263 g/mol. The molecule has 1 aromatic carbocycles. The van der Waals surface area contributed by atoms with E-state index in [9.17, 15) is 4.39 Å². The maximum atomic E-state index is 13.2. The van der Waals surface area contributed by atoms with Gasteiger partial charge in [0.05, 0.1) is 0 Å². The topological polar surface area (TPSA) is 15.3 Å². The van der Waals surface area contributed by atoms with Gasteiger partial charge in [0.1, 0.15) is 5.82 Å². The van der Waals surface area contributed by atoms with E-state index in [1.165, 1.54) is 18.9 Å². The highest BCUT2D eigenvalue weighted by molar-refractivity contribution is 5.17. The van der Waals surface area contributed by atoms with Crippen LogP contribution in [-0.4, -0.2) is 35.6 Å². The van der Waals surface area contributed by atoms with Gasteiger partial charge in [-0.3, -0.25) is 4.90 Å². The highest BCUT2D eigenvalue weighted by Gasteiger charge is 2.27. The second-order valence-corrected chi connectivity index (χ2v) is 7.33. The van der Waals surface area contributed by atoms with Crippen molar-refractivity contribution >= 4 is 0 Å². The molecule has 1 fully saturated rings. The van der Waals surface area contributed by atoms with Gasteiger partial charge in [-0.2, -0.15) is 0 Å². The number of likely N-dealkylation sites (tertiary alicyclic amines) is 1. The zero-order chi connectivity index (χ0) is 15.5. The average molecular weight is 292 g/mol. The summed E-state index contributed by atoms with van der Waals surface area (Å²) in [5.74, 6) is -0.141. The summed E-state index contributed by atoms with van der Waals surface area (Å²) in [4.78, 5) is 2.56. The Balaban J connectivity index is 1.78. The second-order valence-electron chi connectivity index (χ2n) is 7.33. The van der Waals surface area contributed by atoms with Gasteiger partial charge >= 0.3 is 0 Å². The SMILES string of the molecule is CC(Cc1cccc(F)c1)NC1CCN(C(C)(C)C)CC1. The summed E-state index contributed by atoms with van der Waals surface area (Å²) in [5, 5.41) is 3.71. The Morgan fingerprint density at radius 2 is 1.95 bits per heavy atom. The highest BCUT2D eigenvalue weighted by Crippen LogP contribution is 2.20. The monoisotopic (exact) mass is 292 g/mol. The van der Waals surface area contributed by atoms with Crippen LogP contribution in [0.3, 0.4) is 0 Å². The molecule has 21 heavy (non-hydrogen) atoms. The van der Waals surface area contributed by atoms with Gasteiger partial charge in [0.25, 0.3) is 0 Å². The van der Waals surface area contributed by atoms with Crippen molar-refractivity contribution in [3.63, 3.8) is 0 Å². The van der Waals surface area contributed by atoms with Crippen LogP contribution in [0, 0.1) is 5.82 Å². The van der Waals surface area contributed by atoms with Gasteiger partial charge in [-0.25, -0.2) is 4.39 Å². The lowest BCUT2D eigenvalue weighted by Gasteiger charge is -2.41. The summed E-state index contributed by atoms with van der Waals surface area (Å²) < 4.78 is 13.2. The van der Waals surface area contributed by atoms with Gasteiger partial charge in [0.2, 0.25) is 0 Å². The minimum atomic E-state index is -0.141. The van der Waals surface area contributed by atoms with Crippen molar-refractivity contribution in [1.29, 1.82) is 0 Å². The Morgan fingerprint density at radius 1 is 1.29 bits per heavy atom. The van der Waals surface area contributed by atoms with Crippen molar-refractivity contribution in [2.45, 2.75) is 64.6 Å². The summed E-state index contributed by atoms with van der Waals surface area (Å²) in [6.45, 7) is 11.4. The Hall–Kier alpha value is -0.930. The van der Waals surface area contributed by atoms with E-state index in [4.69, 9.17) is 0 Å². The number of piperidine rings is 1. The lowest BCUT2D eigenvalue weighted by atomic mass is 9.97. The van der Waals surface area contributed by atoms with Crippen molar-refractivity contribution in [2.24, 2.45) is 0 Å². The van der Waals surface area contributed by atoms with Gasteiger partial charge in [-0.1, -0.05) is 12.1 Å². The van der Waals surface area contributed by atoms with Gasteiger partial charge in [0.15, 0.2) is 0 Å². The molecule has 1 aliphatic rings. The van der Waals surface area contributed by atoms with Crippen LogP contribution in [0.25, 0.3) is 0 Å². The fourth-order valence-corrected chi connectivity index (χ4v) is 3.20. The molecule has 0 aromatic heterocycles. The molecule has 0 spiro atoms. The zero-order valence-electron chi connectivity index (χ0n) is 13.8. The summed E-state index contributed by atoms with van der Waals surface area (Å²) >= 11 is 0. The largest absolute Gasteiger partial charge is 0.311 e. The predicted molar refractivity (Wildman–Crippen MR) is 87.0 cm³/mol. The summed E-state index contributed by atoms with van der Waals surface area (Å²) in [7, 11) is 0. The first-order chi connectivity index (χ1) is 9.84. The third-order valence-corrected chi connectivity index (χ3v) is 4.39. The molecular formula is C18H29FN2. The molecule has 1 aliphatic heterocycles. The molecule has 1 aromatic rings. The zero-order valence-corrected chi connectivity index (χ0v) is 13.8. The summed E-state index contributed by atoms with van der Waals surface area (Å²) in [6, 6.07) is 7.91. The standard InChI is InChI=1S/C18H29FN2/c1-14(12-15-6-5-7-16(19)13-15)20-17-8-10-21(11-9-17)18(2,3)4/h5-7,13-14,17,20H,8-12H2,1-4H3. The van der Waals surface area contributed by atoms with Crippen LogP contribution in [0.2, 0.25) is 0 Å². The van der Waals surface area contributed by atoms with E-state index in [2.05, 4.69) is 37.9 Å². The Bertz CT molecular complexity index is 445. The van der Waals surface area contributed by atoms with Crippen LogP contribution in [0.15, 0.2) is 24.3 Å². The first kappa shape index (κ1) is 16.4. The first-order valence-corrected chi connectivity index (χ1v) is 8.10. The lowest BCUT2D eigenvalue weighted by molar-refractivity contribution is 0.0942. The molecule has 1 unspecified atom stereocenters. The van der Waals surface area contributed by atoms with Crippen molar-refractivity contribution < 1.29 is 4.39 Å². The number of nitrogens with one attached hydrogen (secondary N) is 1. The third kappa shape index (κ3) is 5.08. The third-order valence-electron chi connectivity index (χ3n) is 4.39. The van der Waals surface area contributed by atoms with Gasteiger partial charge in [-0.05, 0) is 64.7 Å². The van der Waals surface area contributed by atoms with Crippen LogP contribution in [0.5, 0.6) is 0 Å². The smallest absolute Gasteiger partial charge is 0.123 e. The molecule has 1 N–H and O–H groups in total. The van der Waals surface area contributed by atoms with Crippen LogP contribution in [-0.2, 0) is 6.42 Å². The maximum Gasteiger partial charge on any atom is 0.123 e. The average Bonchev–Trinajstić information content (AvgIpc) is 2.38. The van der Waals surface area contributed by atoms with Gasteiger partial charge in [-0.15, -0.1) is 0 Å². The van der Waals surface area contributed by atoms with Crippen molar-refractivity contribution in [2.75, 3.05) is 13.1 Å². The van der Waals surface area contributed by atoms with Crippen molar-refractivity contribution in [1.82, 2.24) is 10.2 Å². The molecule has 0 bridgehead atoms. The van der Waals surface area contributed by atoms with Crippen LogP contribution < -0.4 is 5.32 Å². The fourth-order valence-electron chi connectivity index (χ4n) is 3.20. The maximum absolute atomic E-state index is 13.2. The molecule has 2 nitrogen and oxygen atoms in total. The summed E-state index contributed by atoms with van der Waals surface area (Å²) in [6.07, 6.45) is 3.28. The highest BCUT2D eigenvalue weighted by atomic mass is 19.1. The summed E-state index contributed by atoms with van der Waals surface area (Å²) in [5.41, 5.74) is 1.35. The number of rotatable bonds is 4. The number of halogens is 1. The number of nitrogens with zero attached hydrogens (tertiary/aromatic N) is 1. The minimum absolute atomic E-state index is 0.141. The quantitative estimate of drug-likeness (QED) is 0.912. The second kappa shape index (κ2) is 6.89. The Kier molecular flexibility index (Phi) is 5.39. The molecule has 3 heteroatoms. The predicted octanol–water partition coefficient (Wildman–Crippen LogP) is 3.61. The van der Waals surface area contributed by atoms with E-state index in [1.807, 2.05) is 6.07 Å². The fraction of sp³-hybridized carbons (Fsp3) is 0.667. The molecule has 0 aliphatic carbocycles. The molecule has 0 amide bonds. The Morgan fingerprint density at radius 3 is 2.52 bits per heavy atom. The molecule has 0 saturated carbocycles. The van der Waals surface area contributed by atoms with Crippen molar-refractivity contribution in [3.8, 4) is 0 Å². The van der Waals surface area contributed by atoms with E-state index in [1.54, 1.807) is 12.1 Å². The van der Waals surface area contributed by atoms with Gasteiger partial charge in [0, 0.05) is 30.7 Å². The molecule has 1 heterocycles. The molecule has 118 valence electrons. The number of hydrogen-bond acceptors (Lipinski definition) is 2. The molecule has 2 rings (SSSR count). The molecule has 1 saturated heterocycles. The molecule has 1 atom stereocenters. The first-order valence-electron chi connectivity index (χ1n) is 8.10. The lowest BCUT2D eigenvalue weighted by Crippen LogP contribution is -2.51. The van der Waals surface area contributed by atoms with Gasteiger partial charge < -0.3 is 5.32 Å². The molecule has 0 radical (unpaired) electrons. The normalized spacial score (nSPS) is 19.7. The van der Waals surface area contributed by atoms with Crippen molar-refractivity contribution in [3.05, 3.63) is 35.6 Å². The van der Waals surface area contributed by atoms with E-state index < -0.39 is 0 Å².